The first-order valence-electron chi connectivity index (χ1n) is 11.4. The van der Waals surface area contributed by atoms with Crippen LogP contribution < -0.4 is 5.32 Å². The number of hydrogen-bond donors (Lipinski definition) is 2. The highest BCUT2D eigenvalue weighted by atomic mass is 35.5. The van der Waals surface area contributed by atoms with Crippen molar-refractivity contribution < 1.29 is 19.1 Å². The van der Waals surface area contributed by atoms with Crippen LogP contribution in [0.1, 0.15) is 54.1 Å². The molecule has 35 heavy (non-hydrogen) atoms. The fourth-order valence-electron chi connectivity index (χ4n) is 4.67. The van der Waals surface area contributed by atoms with Gasteiger partial charge in [-0.05, 0) is 66.8 Å². The number of thiazole rings is 1. The minimum absolute atomic E-state index is 0.0600. The highest BCUT2D eigenvalue weighted by Gasteiger charge is 2.24. The average molecular weight is 512 g/mol. The number of nitrogens with one attached hydrogen (secondary N) is 1. The summed E-state index contributed by atoms with van der Waals surface area (Å²) in [5.74, 6) is -0.869. The van der Waals surface area contributed by atoms with Gasteiger partial charge in [0.15, 0.2) is 4.96 Å². The Labute approximate surface area is 210 Å². The Kier molecular flexibility index (Phi) is 6.58. The van der Waals surface area contributed by atoms with Crippen molar-refractivity contribution in [3.63, 3.8) is 0 Å². The van der Waals surface area contributed by atoms with E-state index in [1.54, 1.807) is 6.20 Å². The molecule has 0 unspecified atom stereocenters. The number of halogens is 2. The number of hydrogen-bond acceptors (Lipinski definition) is 4. The second kappa shape index (κ2) is 9.79. The van der Waals surface area contributed by atoms with Gasteiger partial charge in [0.25, 0.3) is 5.91 Å². The molecule has 0 saturated heterocycles. The van der Waals surface area contributed by atoms with Crippen molar-refractivity contribution in [2.75, 3.05) is 5.32 Å². The molecular formula is C26H23ClFN3O3S. The standard InChI is InChI=1S/C26H23ClFN3O3S/c27-20-12-19(9-10-21(20)28)29-25(34)22-13-31-14-23(35-26(31)30-22)18-7-5-17(6-8-18)16-3-1-15(2-4-16)11-24(32)33/h5-10,12-16H,1-4,11H2,(H,29,34)(H,32,33). The summed E-state index contributed by atoms with van der Waals surface area (Å²) in [6.45, 7) is 0. The van der Waals surface area contributed by atoms with E-state index < -0.39 is 17.7 Å². The molecule has 0 atom stereocenters. The van der Waals surface area contributed by atoms with Crippen LogP contribution in [0.3, 0.4) is 0 Å². The molecule has 1 fully saturated rings. The lowest BCUT2D eigenvalue weighted by atomic mass is 9.77. The Morgan fingerprint density at radius 2 is 1.86 bits per heavy atom. The Bertz CT molecular complexity index is 1360. The summed E-state index contributed by atoms with van der Waals surface area (Å²) < 4.78 is 15.2. The van der Waals surface area contributed by atoms with Crippen molar-refractivity contribution in [1.29, 1.82) is 0 Å². The van der Waals surface area contributed by atoms with Crippen molar-refractivity contribution >= 4 is 45.5 Å². The van der Waals surface area contributed by atoms with E-state index in [1.165, 1.54) is 35.1 Å². The maximum atomic E-state index is 13.3. The van der Waals surface area contributed by atoms with Gasteiger partial charge in [-0.3, -0.25) is 14.0 Å². The lowest BCUT2D eigenvalue weighted by molar-refractivity contribution is -0.138. The SMILES string of the molecule is O=C(O)CC1CCC(c2ccc(-c3cn4cc(C(=O)Nc5ccc(F)c(Cl)c5)nc4s3)cc2)CC1. The molecule has 1 amide bonds. The number of carbonyl (C=O) groups excluding carboxylic acids is 1. The van der Waals surface area contributed by atoms with Crippen LogP contribution in [0.4, 0.5) is 10.1 Å². The second-order valence-corrected chi connectivity index (χ2v) is 10.3. The zero-order valence-corrected chi connectivity index (χ0v) is 20.3. The molecule has 0 aliphatic heterocycles. The van der Waals surface area contributed by atoms with Gasteiger partial charge in [-0.2, -0.15) is 0 Å². The Balaban J connectivity index is 1.24. The zero-order valence-electron chi connectivity index (χ0n) is 18.7. The monoisotopic (exact) mass is 511 g/mol. The average Bonchev–Trinajstić information content (AvgIpc) is 3.42. The summed E-state index contributed by atoms with van der Waals surface area (Å²) in [7, 11) is 0. The molecule has 4 aromatic rings. The minimum Gasteiger partial charge on any atom is -0.481 e. The van der Waals surface area contributed by atoms with Crippen molar-refractivity contribution in [3.8, 4) is 10.4 Å². The first-order valence-corrected chi connectivity index (χ1v) is 12.6. The lowest BCUT2D eigenvalue weighted by Crippen LogP contribution is -2.16. The number of rotatable bonds is 6. The number of fused-ring (bicyclic) bond motifs is 1. The van der Waals surface area contributed by atoms with E-state index in [4.69, 9.17) is 16.7 Å². The molecule has 0 spiro atoms. The van der Waals surface area contributed by atoms with E-state index in [9.17, 15) is 14.0 Å². The van der Waals surface area contributed by atoms with Crippen molar-refractivity contribution in [3.05, 3.63) is 77.0 Å². The normalized spacial score (nSPS) is 18.0. The van der Waals surface area contributed by atoms with Crippen LogP contribution in [0.15, 0.2) is 54.9 Å². The molecule has 1 saturated carbocycles. The molecule has 9 heteroatoms. The number of amides is 1. The van der Waals surface area contributed by atoms with Crippen LogP contribution in [-0.2, 0) is 4.79 Å². The topological polar surface area (TPSA) is 83.7 Å². The number of aromatic nitrogens is 2. The molecule has 0 bridgehead atoms. The second-order valence-electron chi connectivity index (χ2n) is 8.93. The molecule has 1 aliphatic carbocycles. The van der Waals surface area contributed by atoms with Gasteiger partial charge < -0.3 is 10.4 Å². The number of carboxylic acid groups (broad SMARTS) is 1. The summed E-state index contributed by atoms with van der Waals surface area (Å²) in [5, 5.41) is 11.6. The molecule has 2 heterocycles. The van der Waals surface area contributed by atoms with E-state index in [0.717, 1.165) is 36.1 Å². The number of benzene rings is 2. The predicted octanol–water partition coefficient (Wildman–Crippen LogP) is 6.86. The first-order chi connectivity index (χ1) is 16.9. The number of carboxylic acids is 1. The Morgan fingerprint density at radius 3 is 2.51 bits per heavy atom. The molecule has 2 aromatic heterocycles. The van der Waals surface area contributed by atoms with Gasteiger partial charge >= 0.3 is 5.97 Å². The van der Waals surface area contributed by atoms with Crippen LogP contribution in [0.5, 0.6) is 0 Å². The number of anilines is 1. The van der Waals surface area contributed by atoms with Crippen LogP contribution in [-0.4, -0.2) is 26.4 Å². The van der Waals surface area contributed by atoms with E-state index >= 15 is 0 Å². The third kappa shape index (κ3) is 5.23. The van der Waals surface area contributed by atoms with Crippen molar-refractivity contribution in [2.24, 2.45) is 5.92 Å². The molecule has 180 valence electrons. The van der Waals surface area contributed by atoms with E-state index in [-0.39, 0.29) is 17.1 Å². The van der Waals surface area contributed by atoms with Gasteiger partial charge in [-0.25, -0.2) is 9.37 Å². The van der Waals surface area contributed by atoms with Gasteiger partial charge in [0.2, 0.25) is 0 Å². The Hall–Kier alpha value is -3.23. The molecular weight excluding hydrogens is 489 g/mol. The van der Waals surface area contributed by atoms with Crippen molar-refractivity contribution in [2.45, 2.75) is 38.0 Å². The number of aliphatic carboxylic acids is 1. The summed E-state index contributed by atoms with van der Waals surface area (Å²) in [6, 6.07) is 12.5. The zero-order chi connectivity index (χ0) is 24.5. The van der Waals surface area contributed by atoms with Crippen LogP contribution >= 0.6 is 22.9 Å². The summed E-state index contributed by atoms with van der Waals surface area (Å²) >= 11 is 7.27. The van der Waals surface area contributed by atoms with E-state index in [1.807, 2.05) is 10.6 Å². The lowest BCUT2D eigenvalue weighted by Gasteiger charge is -2.28. The van der Waals surface area contributed by atoms with E-state index in [0.29, 0.717) is 22.5 Å². The molecule has 1 aliphatic rings. The summed E-state index contributed by atoms with van der Waals surface area (Å²) in [5.41, 5.74) is 3.03. The number of nitrogens with zero attached hydrogens (tertiary/aromatic N) is 2. The predicted molar refractivity (Wildman–Crippen MR) is 135 cm³/mol. The summed E-state index contributed by atoms with van der Waals surface area (Å²) in [4.78, 5) is 29.7. The number of imidazole rings is 1. The maximum Gasteiger partial charge on any atom is 0.303 e. The Morgan fingerprint density at radius 1 is 1.11 bits per heavy atom. The highest BCUT2D eigenvalue weighted by Crippen LogP contribution is 2.38. The van der Waals surface area contributed by atoms with Crippen LogP contribution in [0, 0.1) is 11.7 Å². The quantitative estimate of drug-likeness (QED) is 0.296. The highest BCUT2D eigenvalue weighted by molar-refractivity contribution is 7.20. The third-order valence-corrected chi connectivity index (χ3v) is 7.88. The fraction of sp³-hybridized carbons (Fsp3) is 0.269. The smallest absolute Gasteiger partial charge is 0.303 e. The molecule has 2 aromatic carbocycles. The van der Waals surface area contributed by atoms with Gasteiger partial charge in [0.1, 0.15) is 11.5 Å². The van der Waals surface area contributed by atoms with Crippen molar-refractivity contribution in [1.82, 2.24) is 9.38 Å². The maximum absolute atomic E-state index is 13.3. The molecule has 6 nitrogen and oxygen atoms in total. The molecule has 2 N–H and O–H groups in total. The van der Waals surface area contributed by atoms with Crippen LogP contribution in [0.2, 0.25) is 5.02 Å². The number of carbonyl (C=O) groups is 2. The molecule has 5 rings (SSSR count). The van der Waals surface area contributed by atoms with Gasteiger partial charge in [-0.1, -0.05) is 47.2 Å². The summed E-state index contributed by atoms with van der Waals surface area (Å²) in [6.07, 6.45) is 7.87. The van der Waals surface area contributed by atoms with Crippen LogP contribution in [0.25, 0.3) is 15.4 Å². The van der Waals surface area contributed by atoms with Gasteiger partial charge in [-0.15, -0.1) is 0 Å². The minimum atomic E-state index is -0.703. The first kappa shape index (κ1) is 23.5. The largest absolute Gasteiger partial charge is 0.481 e. The van der Waals surface area contributed by atoms with Gasteiger partial charge in [0, 0.05) is 24.5 Å². The van der Waals surface area contributed by atoms with E-state index in [2.05, 4.69) is 34.6 Å². The fourth-order valence-corrected chi connectivity index (χ4v) is 5.83. The third-order valence-electron chi connectivity index (χ3n) is 6.54. The van der Waals surface area contributed by atoms with Gasteiger partial charge in [0.05, 0.1) is 9.90 Å². The molecule has 0 radical (unpaired) electrons.